The van der Waals surface area contributed by atoms with E-state index in [9.17, 15) is 24.5 Å². The summed E-state index contributed by atoms with van der Waals surface area (Å²) in [4.78, 5) is 45.7. The molecule has 0 heterocycles. The van der Waals surface area contributed by atoms with E-state index >= 15 is 0 Å². The van der Waals surface area contributed by atoms with Crippen molar-refractivity contribution in [3.8, 4) is 0 Å². The minimum absolute atomic E-state index is 0.0490. The fraction of sp³-hybridized carbons (Fsp3) is 0.167. The Labute approximate surface area is 154 Å². The Morgan fingerprint density at radius 3 is 2.48 bits per heavy atom. The van der Waals surface area contributed by atoms with Crippen LogP contribution in [0.1, 0.15) is 27.6 Å². The Morgan fingerprint density at radius 1 is 1.11 bits per heavy atom. The molecule has 140 valence electrons. The minimum atomic E-state index is -0.867. The fourth-order valence-electron chi connectivity index (χ4n) is 2.25. The summed E-state index contributed by atoms with van der Waals surface area (Å²) in [7, 11) is 1.52. The van der Waals surface area contributed by atoms with Crippen molar-refractivity contribution in [1.29, 1.82) is 0 Å². The number of nitro groups is 1. The third-order valence-corrected chi connectivity index (χ3v) is 3.59. The van der Waals surface area contributed by atoms with Crippen molar-refractivity contribution in [2.24, 2.45) is 0 Å². The SMILES string of the molecule is CNc1ccc(C(=O)OCC(=O)Nc2cccc(C(C)=O)c2)cc1[N+](=O)[O-]. The van der Waals surface area contributed by atoms with Crippen molar-refractivity contribution in [3.05, 3.63) is 63.7 Å². The third-order valence-electron chi connectivity index (χ3n) is 3.59. The highest BCUT2D eigenvalue weighted by molar-refractivity contribution is 5.98. The third kappa shape index (κ3) is 5.11. The molecule has 2 rings (SSSR count). The zero-order valence-electron chi connectivity index (χ0n) is 14.6. The Kier molecular flexibility index (Phi) is 6.21. The average Bonchev–Trinajstić information content (AvgIpc) is 2.65. The molecule has 0 aliphatic rings. The molecular weight excluding hydrogens is 354 g/mol. The smallest absolute Gasteiger partial charge is 0.338 e. The number of amides is 1. The Balaban J connectivity index is 2.00. The van der Waals surface area contributed by atoms with E-state index in [1.807, 2.05) is 0 Å². The number of nitrogens with zero attached hydrogens (tertiary/aromatic N) is 1. The normalized spacial score (nSPS) is 10.0. The van der Waals surface area contributed by atoms with Crippen LogP contribution >= 0.6 is 0 Å². The molecule has 0 aliphatic heterocycles. The van der Waals surface area contributed by atoms with Crippen LogP contribution in [0.15, 0.2) is 42.5 Å². The summed E-state index contributed by atoms with van der Waals surface area (Å²) in [5.74, 6) is -1.62. The summed E-state index contributed by atoms with van der Waals surface area (Å²) in [5, 5.41) is 16.2. The monoisotopic (exact) mass is 371 g/mol. The molecular formula is C18H17N3O6. The maximum Gasteiger partial charge on any atom is 0.338 e. The maximum atomic E-state index is 12.0. The van der Waals surface area contributed by atoms with Crippen LogP contribution in [0, 0.1) is 10.1 Å². The van der Waals surface area contributed by atoms with Crippen molar-refractivity contribution < 1.29 is 24.0 Å². The molecule has 9 heteroatoms. The Morgan fingerprint density at radius 2 is 1.85 bits per heavy atom. The standard InChI is InChI=1S/C18H17N3O6/c1-11(22)12-4-3-5-14(8-12)20-17(23)10-27-18(24)13-6-7-15(19-2)16(9-13)21(25)26/h3-9,19H,10H2,1-2H3,(H,20,23). The van der Waals surface area contributed by atoms with Crippen LogP contribution in [-0.4, -0.2) is 36.2 Å². The van der Waals surface area contributed by atoms with Crippen molar-refractivity contribution >= 4 is 34.7 Å². The van der Waals surface area contributed by atoms with Gasteiger partial charge in [-0.3, -0.25) is 19.7 Å². The number of nitro benzene ring substituents is 1. The van der Waals surface area contributed by atoms with Crippen LogP contribution in [0.4, 0.5) is 17.1 Å². The number of hydrogen-bond donors (Lipinski definition) is 2. The highest BCUT2D eigenvalue weighted by atomic mass is 16.6. The van der Waals surface area contributed by atoms with Gasteiger partial charge in [-0.15, -0.1) is 0 Å². The maximum absolute atomic E-state index is 12.0. The first-order chi connectivity index (χ1) is 12.8. The molecule has 2 N–H and O–H groups in total. The number of benzene rings is 2. The summed E-state index contributed by atoms with van der Waals surface area (Å²) in [5.41, 5.74) is 0.740. The van der Waals surface area contributed by atoms with Crippen molar-refractivity contribution in [2.75, 3.05) is 24.3 Å². The lowest BCUT2D eigenvalue weighted by atomic mass is 10.1. The lowest BCUT2D eigenvalue weighted by Gasteiger charge is -2.08. The van der Waals surface area contributed by atoms with Crippen molar-refractivity contribution in [3.63, 3.8) is 0 Å². The number of Topliss-reactive ketones (excluding diaryl/α,β-unsaturated/α-hetero) is 1. The molecule has 0 bridgehead atoms. The molecule has 0 aromatic heterocycles. The number of anilines is 2. The number of rotatable bonds is 7. The summed E-state index contributed by atoms with van der Waals surface area (Å²) >= 11 is 0. The first-order valence-corrected chi connectivity index (χ1v) is 7.86. The van der Waals surface area contributed by atoms with E-state index in [1.165, 1.54) is 32.2 Å². The van der Waals surface area contributed by atoms with E-state index in [4.69, 9.17) is 4.74 Å². The molecule has 0 saturated heterocycles. The van der Waals surface area contributed by atoms with Gasteiger partial charge in [-0.1, -0.05) is 12.1 Å². The topological polar surface area (TPSA) is 128 Å². The van der Waals surface area contributed by atoms with E-state index < -0.39 is 23.4 Å². The first-order valence-electron chi connectivity index (χ1n) is 7.86. The van der Waals surface area contributed by atoms with Crippen LogP contribution in [0.2, 0.25) is 0 Å². The van der Waals surface area contributed by atoms with E-state index in [0.29, 0.717) is 11.3 Å². The van der Waals surface area contributed by atoms with Crippen molar-refractivity contribution in [2.45, 2.75) is 6.92 Å². The van der Waals surface area contributed by atoms with Gasteiger partial charge in [-0.2, -0.15) is 0 Å². The number of ether oxygens (including phenoxy) is 1. The average molecular weight is 371 g/mol. The number of nitrogens with one attached hydrogen (secondary N) is 2. The van der Waals surface area contributed by atoms with Gasteiger partial charge in [0.25, 0.3) is 11.6 Å². The largest absolute Gasteiger partial charge is 0.452 e. The lowest BCUT2D eigenvalue weighted by Crippen LogP contribution is -2.21. The molecule has 1 amide bonds. The molecule has 0 radical (unpaired) electrons. The summed E-state index contributed by atoms with van der Waals surface area (Å²) in [6.45, 7) is 0.825. The van der Waals surface area contributed by atoms with Gasteiger partial charge in [-0.25, -0.2) is 4.79 Å². The van der Waals surface area contributed by atoms with Gasteiger partial charge < -0.3 is 15.4 Å². The predicted molar refractivity (Wildman–Crippen MR) is 98.0 cm³/mol. The number of hydrogen-bond acceptors (Lipinski definition) is 7. The molecule has 0 fully saturated rings. The second kappa shape index (κ2) is 8.56. The van der Waals surface area contributed by atoms with Gasteiger partial charge in [0, 0.05) is 24.4 Å². The summed E-state index contributed by atoms with van der Waals surface area (Å²) in [6.07, 6.45) is 0. The van der Waals surface area contributed by atoms with Gasteiger partial charge in [0.1, 0.15) is 5.69 Å². The molecule has 9 nitrogen and oxygen atoms in total. The van der Waals surface area contributed by atoms with E-state index in [1.54, 1.807) is 18.2 Å². The van der Waals surface area contributed by atoms with Gasteiger partial charge in [-0.05, 0) is 31.2 Å². The van der Waals surface area contributed by atoms with Gasteiger partial charge in [0.05, 0.1) is 10.5 Å². The van der Waals surface area contributed by atoms with Crippen LogP contribution in [0.25, 0.3) is 0 Å². The molecule has 0 unspecified atom stereocenters. The molecule has 2 aromatic carbocycles. The number of carbonyl (C=O) groups is 3. The van der Waals surface area contributed by atoms with Crippen LogP contribution < -0.4 is 10.6 Å². The minimum Gasteiger partial charge on any atom is -0.452 e. The van der Waals surface area contributed by atoms with Crippen LogP contribution in [-0.2, 0) is 9.53 Å². The van der Waals surface area contributed by atoms with Crippen molar-refractivity contribution in [1.82, 2.24) is 0 Å². The summed E-state index contributed by atoms with van der Waals surface area (Å²) in [6, 6.07) is 10.1. The van der Waals surface area contributed by atoms with Crippen LogP contribution in [0.3, 0.4) is 0 Å². The zero-order chi connectivity index (χ0) is 20.0. The predicted octanol–water partition coefficient (Wildman–Crippen LogP) is 2.63. The van der Waals surface area contributed by atoms with Gasteiger partial charge in [0.15, 0.2) is 12.4 Å². The Hall–Kier alpha value is -3.75. The molecule has 2 aromatic rings. The first kappa shape index (κ1) is 19.6. The Bertz CT molecular complexity index is 910. The van der Waals surface area contributed by atoms with E-state index in [0.717, 1.165) is 6.07 Å². The number of ketones is 1. The molecule has 27 heavy (non-hydrogen) atoms. The molecule has 0 saturated carbocycles. The van der Waals surface area contributed by atoms with Gasteiger partial charge in [0.2, 0.25) is 0 Å². The fourth-order valence-corrected chi connectivity index (χ4v) is 2.25. The van der Waals surface area contributed by atoms with Crippen LogP contribution in [0.5, 0.6) is 0 Å². The molecule has 0 atom stereocenters. The second-order valence-electron chi connectivity index (χ2n) is 5.50. The summed E-state index contributed by atoms with van der Waals surface area (Å²) < 4.78 is 4.89. The van der Waals surface area contributed by atoms with E-state index in [-0.39, 0.29) is 22.7 Å². The number of carbonyl (C=O) groups excluding carboxylic acids is 3. The highest BCUT2D eigenvalue weighted by Gasteiger charge is 2.18. The molecule has 0 spiro atoms. The number of esters is 1. The highest BCUT2D eigenvalue weighted by Crippen LogP contribution is 2.25. The lowest BCUT2D eigenvalue weighted by molar-refractivity contribution is -0.384. The quantitative estimate of drug-likeness (QED) is 0.331. The van der Waals surface area contributed by atoms with Gasteiger partial charge >= 0.3 is 5.97 Å². The second-order valence-corrected chi connectivity index (χ2v) is 5.50. The van der Waals surface area contributed by atoms with E-state index in [2.05, 4.69) is 10.6 Å². The zero-order valence-corrected chi connectivity index (χ0v) is 14.6. The molecule has 0 aliphatic carbocycles.